The zero-order chi connectivity index (χ0) is 15.1. The van der Waals surface area contributed by atoms with Gasteiger partial charge in [0.05, 0.1) is 6.54 Å². The standard InChI is InChI=1S/C17H15NO4/c1-11-17(19)18(9-12-4-2-3-5-14(12)22-11)13-6-7-15-16(8-13)21-10-20-15/h2-8,11H,9-10H2,1H3. The van der Waals surface area contributed by atoms with E-state index < -0.39 is 6.10 Å². The first-order valence-electron chi connectivity index (χ1n) is 7.18. The average molecular weight is 297 g/mol. The number of carbonyl (C=O) groups excluding carboxylic acids is 1. The monoisotopic (exact) mass is 297 g/mol. The molecule has 112 valence electrons. The van der Waals surface area contributed by atoms with Gasteiger partial charge in [0.25, 0.3) is 5.91 Å². The number of amides is 1. The maximum Gasteiger partial charge on any atom is 0.268 e. The van der Waals surface area contributed by atoms with Crippen molar-refractivity contribution in [1.29, 1.82) is 0 Å². The van der Waals surface area contributed by atoms with E-state index in [9.17, 15) is 4.79 Å². The highest BCUT2D eigenvalue weighted by Gasteiger charge is 2.29. The summed E-state index contributed by atoms with van der Waals surface area (Å²) in [5.41, 5.74) is 1.76. The van der Waals surface area contributed by atoms with Crippen LogP contribution in [0.5, 0.6) is 17.2 Å². The van der Waals surface area contributed by atoms with E-state index in [4.69, 9.17) is 14.2 Å². The number of nitrogens with zero attached hydrogens (tertiary/aromatic N) is 1. The lowest BCUT2D eigenvalue weighted by Gasteiger charge is -2.22. The highest BCUT2D eigenvalue weighted by Crippen LogP contribution is 2.37. The summed E-state index contributed by atoms with van der Waals surface area (Å²) in [7, 11) is 0. The van der Waals surface area contributed by atoms with Crippen LogP contribution in [0.15, 0.2) is 42.5 Å². The summed E-state index contributed by atoms with van der Waals surface area (Å²) in [6.45, 7) is 2.46. The van der Waals surface area contributed by atoms with Gasteiger partial charge in [-0.1, -0.05) is 18.2 Å². The van der Waals surface area contributed by atoms with Gasteiger partial charge < -0.3 is 19.1 Å². The van der Waals surface area contributed by atoms with E-state index in [0.717, 1.165) is 17.0 Å². The Bertz CT molecular complexity index is 743. The second-order valence-corrected chi connectivity index (χ2v) is 5.33. The highest BCUT2D eigenvalue weighted by molar-refractivity contribution is 5.97. The molecule has 2 aliphatic heterocycles. The van der Waals surface area contributed by atoms with Gasteiger partial charge in [0.2, 0.25) is 6.79 Å². The van der Waals surface area contributed by atoms with Crippen LogP contribution >= 0.6 is 0 Å². The van der Waals surface area contributed by atoms with Crippen LogP contribution < -0.4 is 19.1 Å². The number of benzene rings is 2. The Kier molecular flexibility index (Phi) is 2.92. The van der Waals surface area contributed by atoms with Crippen LogP contribution in [0.4, 0.5) is 5.69 Å². The van der Waals surface area contributed by atoms with Crippen molar-refractivity contribution in [1.82, 2.24) is 0 Å². The predicted molar refractivity (Wildman–Crippen MR) is 80.3 cm³/mol. The van der Waals surface area contributed by atoms with Crippen molar-refractivity contribution in [3.8, 4) is 17.2 Å². The van der Waals surface area contributed by atoms with Crippen molar-refractivity contribution >= 4 is 11.6 Å². The maximum absolute atomic E-state index is 12.6. The molecule has 0 aromatic heterocycles. The SMILES string of the molecule is CC1Oc2ccccc2CN(c2ccc3c(c2)OCO3)C1=O. The van der Waals surface area contributed by atoms with Gasteiger partial charge in [-0.05, 0) is 25.1 Å². The second-order valence-electron chi connectivity index (χ2n) is 5.33. The highest BCUT2D eigenvalue weighted by atomic mass is 16.7. The third kappa shape index (κ3) is 2.06. The number of rotatable bonds is 1. The van der Waals surface area contributed by atoms with Gasteiger partial charge in [-0.25, -0.2) is 0 Å². The Labute approximate surface area is 128 Å². The number of hydrogen-bond donors (Lipinski definition) is 0. The first-order valence-corrected chi connectivity index (χ1v) is 7.18. The van der Waals surface area contributed by atoms with Crippen molar-refractivity contribution in [3.05, 3.63) is 48.0 Å². The summed E-state index contributed by atoms with van der Waals surface area (Å²) in [6.07, 6.45) is -0.533. The minimum Gasteiger partial charge on any atom is -0.481 e. The lowest BCUT2D eigenvalue weighted by atomic mass is 10.1. The Morgan fingerprint density at radius 2 is 1.86 bits per heavy atom. The first kappa shape index (κ1) is 13.0. The van der Waals surface area contributed by atoms with Gasteiger partial charge in [-0.3, -0.25) is 4.79 Å². The predicted octanol–water partition coefficient (Wildman–Crippen LogP) is 2.73. The summed E-state index contributed by atoms with van der Waals surface area (Å²) >= 11 is 0. The van der Waals surface area contributed by atoms with Gasteiger partial charge in [-0.15, -0.1) is 0 Å². The molecule has 22 heavy (non-hydrogen) atoms. The molecule has 1 atom stereocenters. The molecule has 0 saturated carbocycles. The van der Waals surface area contributed by atoms with Crippen molar-refractivity contribution in [2.45, 2.75) is 19.6 Å². The van der Waals surface area contributed by atoms with E-state index in [1.54, 1.807) is 11.8 Å². The van der Waals surface area contributed by atoms with Crippen LogP contribution in [0.25, 0.3) is 0 Å². The Morgan fingerprint density at radius 1 is 1.05 bits per heavy atom. The van der Waals surface area contributed by atoms with Gasteiger partial charge in [0, 0.05) is 17.3 Å². The van der Waals surface area contributed by atoms with Gasteiger partial charge in [-0.2, -0.15) is 0 Å². The molecule has 4 rings (SSSR count). The topological polar surface area (TPSA) is 48.0 Å². The largest absolute Gasteiger partial charge is 0.481 e. The number of anilines is 1. The van der Waals surface area contributed by atoms with Crippen LogP contribution in [-0.4, -0.2) is 18.8 Å². The van der Waals surface area contributed by atoms with E-state index in [0.29, 0.717) is 18.0 Å². The zero-order valence-electron chi connectivity index (χ0n) is 12.1. The molecule has 0 fully saturated rings. The molecule has 2 aromatic carbocycles. The van der Waals surface area contributed by atoms with E-state index >= 15 is 0 Å². The molecule has 0 radical (unpaired) electrons. The fraction of sp³-hybridized carbons (Fsp3) is 0.235. The molecular weight excluding hydrogens is 282 g/mol. The lowest BCUT2D eigenvalue weighted by Crippen LogP contribution is -2.37. The Balaban J connectivity index is 1.75. The van der Waals surface area contributed by atoms with E-state index in [-0.39, 0.29) is 12.7 Å². The molecule has 2 aromatic rings. The molecule has 5 nitrogen and oxygen atoms in total. The van der Waals surface area contributed by atoms with E-state index in [1.807, 2.05) is 42.5 Å². The number of hydrogen-bond acceptors (Lipinski definition) is 4. The fourth-order valence-corrected chi connectivity index (χ4v) is 2.73. The quantitative estimate of drug-likeness (QED) is 0.812. The van der Waals surface area contributed by atoms with Crippen LogP contribution in [-0.2, 0) is 11.3 Å². The number of ether oxygens (including phenoxy) is 3. The van der Waals surface area contributed by atoms with Crippen LogP contribution in [0.3, 0.4) is 0 Å². The number of fused-ring (bicyclic) bond motifs is 2. The molecule has 0 bridgehead atoms. The maximum atomic E-state index is 12.6. The average Bonchev–Trinajstić information content (AvgIpc) is 2.96. The molecule has 1 unspecified atom stereocenters. The Morgan fingerprint density at radius 3 is 2.77 bits per heavy atom. The summed E-state index contributed by atoms with van der Waals surface area (Å²) < 4.78 is 16.5. The van der Waals surface area contributed by atoms with E-state index in [2.05, 4.69) is 0 Å². The van der Waals surface area contributed by atoms with Crippen LogP contribution in [0, 0.1) is 0 Å². The minimum absolute atomic E-state index is 0.0740. The van der Waals surface area contributed by atoms with Crippen molar-refractivity contribution < 1.29 is 19.0 Å². The molecule has 0 N–H and O–H groups in total. The second kappa shape index (κ2) is 4.94. The summed E-state index contributed by atoms with van der Waals surface area (Å²) in [6, 6.07) is 13.2. The molecule has 0 aliphatic carbocycles. The third-order valence-corrected chi connectivity index (χ3v) is 3.89. The summed E-state index contributed by atoms with van der Waals surface area (Å²) in [5.74, 6) is 2.05. The molecule has 2 heterocycles. The molecule has 0 saturated heterocycles. The van der Waals surface area contributed by atoms with Crippen molar-refractivity contribution in [2.75, 3.05) is 11.7 Å². The molecule has 1 amide bonds. The van der Waals surface area contributed by atoms with Gasteiger partial charge in [0.15, 0.2) is 17.6 Å². The summed E-state index contributed by atoms with van der Waals surface area (Å²) in [4.78, 5) is 14.4. The van der Waals surface area contributed by atoms with E-state index in [1.165, 1.54) is 0 Å². The number of para-hydroxylation sites is 1. The van der Waals surface area contributed by atoms with Crippen molar-refractivity contribution in [2.24, 2.45) is 0 Å². The molecular formula is C17H15NO4. The Hall–Kier alpha value is -2.69. The fourth-order valence-electron chi connectivity index (χ4n) is 2.73. The van der Waals surface area contributed by atoms with Gasteiger partial charge in [0.1, 0.15) is 5.75 Å². The van der Waals surface area contributed by atoms with Crippen LogP contribution in [0.1, 0.15) is 12.5 Å². The number of carbonyl (C=O) groups is 1. The normalized spacial score (nSPS) is 19.4. The molecule has 2 aliphatic rings. The van der Waals surface area contributed by atoms with Crippen LogP contribution in [0.2, 0.25) is 0 Å². The van der Waals surface area contributed by atoms with Crippen molar-refractivity contribution in [3.63, 3.8) is 0 Å². The van der Waals surface area contributed by atoms with Gasteiger partial charge >= 0.3 is 0 Å². The zero-order valence-corrected chi connectivity index (χ0v) is 12.1. The lowest BCUT2D eigenvalue weighted by molar-refractivity contribution is -0.124. The minimum atomic E-state index is -0.533. The third-order valence-electron chi connectivity index (χ3n) is 3.89. The summed E-state index contributed by atoms with van der Waals surface area (Å²) in [5, 5.41) is 0. The molecule has 5 heteroatoms. The molecule has 0 spiro atoms. The smallest absolute Gasteiger partial charge is 0.268 e. The first-order chi connectivity index (χ1) is 10.7.